The summed E-state index contributed by atoms with van der Waals surface area (Å²) in [4.78, 5) is 26.6. The lowest BCUT2D eigenvalue weighted by atomic mass is 9.97. The first-order valence-electron chi connectivity index (χ1n) is 6.73. The van der Waals surface area contributed by atoms with Crippen LogP contribution >= 0.6 is 11.3 Å². The molecule has 3 rings (SSSR count). The first-order valence-corrected chi connectivity index (χ1v) is 7.61. The Kier molecular flexibility index (Phi) is 3.09. The van der Waals surface area contributed by atoms with E-state index in [1.807, 2.05) is 4.90 Å². The first kappa shape index (κ1) is 12.7. The molecule has 5 heteroatoms. The van der Waals surface area contributed by atoms with Crippen molar-refractivity contribution in [1.29, 1.82) is 0 Å². The highest BCUT2D eigenvalue weighted by Gasteiger charge is 2.51. The fourth-order valence-electron chi connectivity index (χ4n) is 3.05. The second-order valence-corrected chi connectivity index (χ2v) is 6.29. The minimum absolute atomic E-state index is 0.0381. The lowest BCUT2D eigenvalue weighted by Crippen LogP contribution is -2.40. The van der Waals surface area contributed by atoms with Gasteiger partial charge >= 0.3 is 5.97 Å². The third-order valence-electron chi connectivity index (χ3n) is 4.19. The summed E-state index contributed by atoms with van der Waals surface area (Å²) in [6.07, 6.45) is 2.30. The summed E-state index contributed by atoms with van der Waals surface area (Å²) in [6.45, 7) is 2.81. The summed E-state index contributed by atoms with van der Waals surface area (Å²) in [5.41, 5.74) is 1.26. The van der Waals surface area contributed by atoms with E-state index >= 15 is 0 Å². The van der Waals surface area contributed by atoms with Gasteiger partial charge in [0.15, 0.2) is 0 Å². The monoisotopic (exact) mass is 279 g/mol. The number of carbonyl (C=O) groups excluding carboxylic acids is 1. The standard InChI is InChI=1S/C14H17NO3S/c1-2-11-8-4-6-19-12(8)3-5-15(11)13(16)9-7-10(9)14(17)18/h4,6,9-11H,2-3,5,7H2,1H3,(H,17,18). The molecule has 1 aromatic heterocycles. The van der Waals surface area contributed by atoms with Gasteiger partial charge in [-0.1, -0.05) is 6.92 Å². The fourth-order valence-corrected chi connectivity index (χ4v) is 3.98. The summed E-state index contributed by atoms with van der Waals surface area (Å²) in [5, 5.41) is 11.0. The van der Waals surface area contributed by atoms with Crippen molar-refractivity contribution >= 4 is 23.2 Å². The summed E-state index contributed by atoms with van der Waals surface area (Å²) in [7, 11) is 0. The molecule has 1 saturated carbocycles. The van der Waals surface area contributed by atoms with E-state index in [1.165, 1.54) is 10.4 Å². The van der Waals surface area contributed by atoms with Gasteiger partial charge in [-0.3, -0.25) is 9.59 Å². The van der Waals surface area contributed by atoms with E-state index in [0.717, 1.165) is 19.4 Å². The van der Waals surface area contributed by atoms with Crippen LogP contribution in [-0.2, 0) is 16.0 Å². The maximum absolute atomic E-state index is 12.4. The van der Waals surface area contributed by atoms with Crippen LogP contribution in [0.1, 0.15) is 36.2 Å². The van der Waals surface area contributed by atoms with E-state index in [2.05, 4.69) is 18.4 Å². The molecular formula is C14H17NO3S. The van der Waals surface area contributed by atoms with Crippen molar-refractivity contribution in [3.8, 4) is 0 Å². The van der Waals surface area contributed by atoms with Crippen molar-refractivity contribution in [2.24, 2.45) is 11.8 Å². The molecular weight excluding hydrogens is 262 g/mol. The number of hydrogen-bond donors (Lipinski definition) is 1. The van der Waals surface area contributed by atoms with Gasteiger partial charge in [0, 0.05) is 11.4 Å². The van der Waals surface area contributed by atoms with Crippen LogP contribution in [0, 0.1) is 11.8 Å². The SMILES string of the molecule is CCC1c2ccsc2CCN1C(=O)C1CC1C(=O)O. The molecule has 102 valence electrons. The van der Waals surface area contributed by atoms with Gasteiger partial charge < -0.3 is 10.0 Å². The molecule has 2 heterocycles. The van der Waals surface area contributed by atoms with E-state index in [9.17, 15) is 9.59 Å². The molecule has 1 N–H and O–H groups in total. The molecule has 1 aromatic rings. The molecule has 1 aliphatic carbocycles. The highest BCUT2D eigenvalue weighted by Crippen LogP contribution is 2.43. The Labute approximate surface area is 116 Å². The zero-order valence-electron chi connectivity index (χ0n) is 10.8. The second kappa shape index (κ2) is 4.63. The number of aliphatic carboxylic acids is 1. The van der Waals surface area contributed by atoms with E-state index in [4.69, 9.17) is 5.11 Å². The lowest BCUT2D eigenvalue weighted by Gasteiger charge is -2.35. The molecule has 0 aromatic carbocycles. The number of thiophene rings is 1. The molecule has 1 aliphatic heterocycles. The van der Waals surface area contributed by atoms with Gasteiger partial charge in [0.1, 0.15) is 0 Å². The lowest BCUT2D eigenvalue weighted by molar-refractivity contribution is -0.143. The molecule has 19 heavy (non-hydrogen) atoms. The predicted molar refractivity (Wildman–Crippen MR) is 72.0 cm³/mol. The van der Waals surface area contributed by atoms with Crippen LogP contribution in [-0.4, -0.2) is 28.4 Å². The Hall–Kier alpha value is -1.36. The van der Waals surface area contributed by atoms with Crippen molar-refractivity contribution in [2.45, 2.75) is 32.2 Å². The number of carbonyl (C=O) groups is 2. The maximum atomic E-state index is 12.4. The minimum atomic E-state index is -0.834. The van der Waals surface area contributed by atoms with E-state index in [1.54, 1.807) is 11.3 Å². The average molecular weight is 279 g/mol. The second-order valence-electron chi connectivity index (χ2n) is 5.29. The van der Waals surface area contributed by atoms with E-state index < -0.39 is 11.9 Å². The Bertz CT molecular complexity index is 525. The van der Waals surface area contributed by atoms with Gasteiger partial charge in [0.05, 0.1) is 17.9 Å². The summed E-state index contributed by atoms with van der Waals surface area (Å²) in [6, 6.07) is 2.24. The zero-order chi connectivity index (χ0) is 13.6. The Balaban J connectivity index is 1.79. The van der Waals surface area contributed by atoms with Crippen molar-refractivity contribution < 1.29 is 14.7 Å². The molecule has 0 bridgehead atoms. The number of nitrogens with zero attached hydrogens (tertiary/aromatic N) is 1. The smallest absolute Gasteiger partial charge is 0.307 e. The fraction of sp³-hybridized carbons (Fsp3) is 0.571. The van der Waals surface area contributed by atoms with Crippen LogP contribution in [0.2, 0.25) is 0 Å². The van der Waals surface area contributed by atoms with Gasteiger partial charge in [0.2, 0.25) is 5.91 Å². The van der Waals surface area contributed by atoms with Crippen molar-refractivity contribution in [3.63, 3.8) is 0 Å². The topological polar surface area (TPSA) is 57.6 Å². The van der Waals surface area contributed by atoms with Crippen molar-refractivity contribution in [3.05, 3.63) is 21.9 Å². The summed E-state index contributed by atoms with van der Waals surface area (Å²) < 4.78 is 0. The number of rotatable bonds is 3. The van der Waals surface area contributed by atoms with Crippen LogP contribution in [0.3, 0.4) is 0 Å². The molecule has 1 amide bonds. The predicted octanol–water partition coefficient (Wildman–Crippen LogP) is 2.30. The normalized spacial score (nSPS) is 28.9. The van der Waals surface area contributed by atoms with E-state index in [0.29, 0.717) is 6.42 Å². The van der Waals surface area contributed by atoms with Gasteiger partial charge in [0.25, 0.3) is 0 Å². The molecule has 0 saturated heterocycles. The third-order valence-corrected chi connectivity index (χ3v) is 5.19. The van der Waals surface area contributed by atoms with E-state index in [-0.39, 0.29) is 17.9 Å². The minimum Gasteiger partial charge on any atom is -0.481 e. The molecule has 1 fully saturated rings. The number of carboxylic acid groups (broad SMARTS) is 1. The number of amides is 1. The summed E-state index contributed by atoms with van der Waals surface area (Å²) in [5.74, 6) is -1.53. The van der Waals surface area contributed by atoms with Crippen LogP contribution in [0.5, 0.6) is 0 Å². The summed E-state index contributed by atoms with van der Waals surface area (Å²) >= 11 is 1.76. The van der Waals surface area contributed by atoms with Crippen molar-refractivity contribution in [1.82, 2.24) is 4.90 Å². The highest BCUT2D eigenvalue weighted by atomic mass is 32.1. The molecule has 2 aliphatic rings. The Morgan fingerprint density at radius 2 is 2.26 bits per heavy atom. The van der Waals surface area contributed by atoms with Gasteiger partial charge in [-0.2, -0.15) is 0 Å². The van der Waals surface area contributed by atoms with Crippen LogP contribution in [0.4, 0.5) is 0 Å². The quantitative estimate of drug-likeness (QED) is 0.923. The Morgan fingerprint density at radius 3 is 2.89 bits per heavy atom. The first-order chi connectivity index (χ1) is 9.13. The number of fused-ring (bicyclic) bond motifs is 1. The molecule has 3 unspecified atom stereocenters. The van der Waals surface area contributed by atoms with Gasteiger partial charge in [-0.15, -0.1) is 11.3 Å². The molecule has 4 nitrogen and oxygen atoms in total. The average Bonchev–Trinajstić information content (AvgIpc) is 3.07. The third kappa shape index (κ3) is 2.06. The molecule has 0 spiro atoms. The number of carboxylic acids is 1. The van der Waals surface area contributed by atoms with Crippen LogP contribution in [0.25, 0.3) is 0 Å². The number of hydrogen-bond acceptors (Lipinski definition) is 3. The maximum Gasteiger partial charge on any atom is 0.307 e. The van der Waals surface area contributed by atoms with Crippen molar-refractivity contribution in [2.75, 3.05) is 6.54 Å². The largest absolute Gasteiger partial charge is 0.481 e. The van der Waals surface area contributed by atoms with Crippen LogP contribution < -0.4 is 0 Å². The molecule has 3 atom stereocenters. The highest BCUT2D eigenvalue weighted by molar-refractivity contribution is 7.10. The van der Waals surface area contributed by atoms with Gasteiger partial charge in [-0.25, -0.2) is 0 Å². The Morgan fingerprint density at radius 1 is 1.47 bits per heavy atom. The zero-order valence-corrected chi connectivity index (χ0v) is 11.7. The van der Waals surface area contributed by atoms with Gasteiger partial charge in [-0.05, 0) is 36.3 Å². The van der Waals surface area contributed by atoms with Crippen LogP contribution in [0.15, 0.2) is 11.4 Å². The molecule has 0 radical (unpaired) electrons.